The molecule has 3 rings (SSSR count). The molecule has 0 unspecified atom stereocenters. The van der Waals surface area contributed by atoms with Gasteiger partial charge >= 0.3 is 5.97 Å². The molecule has 96 valence electrons. The third kappa shape index (κ3) is 1.90. The minimum Gasteiger partial charge on any atom is -0.477 e. The lowest BCUT2D eigenvalue weighted by molar-refractivity contribution is 0.0687. The molecule has 2 aromatic heterocycles. The Hall–Kier alpha value is -2.20. The first-order chi connectivity index (χ1) is 9.06. The average Bonchev–Trinajstić information content (AvgIpc) is 2.91. The predicted molar refractivity (Wildman–Crippen MR) is 72.6 cm³/mol. The van der Waals surface area contributed by atoms with E-state index in [1.54, 1.807) is 35.9 Å². The molecule has 0 atom stereocenters. The molecule has 0 spiro atoms. The van der Waals surface area contributed by atoms with E-state index in [9.17, 15) is 4.79 Å². The van der Waals surface area contributed by atoms with Crippen molar-refractivity contribution in [2.75, 3.05) is 0 Å². The van der Waals surface area contributed by atoms with Crippen molar-refractivity contribution in [1.29, 1.82) is 0 Å². The van der Waals surface area contributed by atoms with Crippen LogP contribution < -0.4 is 0 Å². The largest absolute Gasteiger partial charge is 0.477 e. The number of hydrogen-bond acceptors (Lipinski definition) is 2. The summed E-state index contributed by atoms with van der Waals surface area (Å²) in [5.41, 5.74) is 1.65. The summed E-state index contributed by atoms with van der Waals surface area (Å²) in [7, 11) is 1.69. The number of furan rings is 1. The molecule has 4 nitrogen and oxygen atoms in total. The first-order valence-electron chi connectivity index (χ1n) is 5.65. The Kier molecular flexibility index (Phi) is 2.61. The molecule has 1 N–H and O–H groups in total. The van der Waals surface area contributed by atoms with Crippen molar-refractivity contribution in [1.82, 2.24) is 4.57 Å². The van der Waals surface area contributed by atoms with Crippen molar-refractivity contribution < 1.29 is 14.3 Å². The molecule has 0 fully saturated rings. The molecule has 0 saturated heterocycles. The molecule has 0 aliphatic rings. The summed E-state index contributed by atoms with van der Waals surface area (Å²) in [6.45, 7) is 0. The number of nitrogens with zero attached hydrogens (tertiary/aromatic N) is 1. The van der Waals surface area contributed by atoms with E-state index in [0.29, 0.717) is 16.5 Å². The highest BCUT2D eigenvalue weighted by molar-refractivity contribution is 6.31. The van der Waals surface area contributed by atoms with Crippen LogP contribution in [0.25, 0.3) is 22.4 Å². The third-order valence-electron chi connectivity index (χ3n) is 3.07. The number of carbonyl (C=O) groups is 1. The molecule has 0 aliphatic heterocycles. The van der Waals surface area contributed by atoms with Crippen LogP contribution in [0.1, 0.15) is 10.5 Å². The van der Waals surface area contributed by atoms with Crippen molar-refractivity contribution in [2.45, 2.75) is 0 Å². The normalized spacial score (nSPS) is 11.1. The van der Waals surface area contributed by atoms with Gasteiger partial charge in [-0.2, -0.15) is 0 Å². The molecule has 0 amide bonds. The standard InChI is InChI=1S/C14H10ClNO3/c1-16-10(3-4-11(16)14(17)18)13-7-8-6-9(15)2-5-12(8)19-13/h2-7H,1H3,(H,17,18). The summed E-state index contributed by atoms with van der Waals surface area (Å²) in [6.07, 6.45) is 0. The predicted octanol–water partition coefficient (Wildman–Crippen LogP) is 3.79. The van der Waals surface area contributed by atoms with Crippen LogP contribution in [0.3, 0.4) is 0 Å². The van der Waals surface area contributed by atoms with Gasteiger partial charge in [-0.05, 0) is 36.4 Å². The Morgan fingerprint density at radius 3 is 2.74 bits per heavy atom. The van der Waals surface area contributed by atoms with E-state index in [1.807, 2.05) is 12.1 Å². The molecule has 0 bridgehead atoms. The van der Waals surface area contributed by atoms with Gasteiger partial charge in [0.15, 0.2) is 5.76 Å². The maximum absolute atomic E-state index is 11.0. The fourth-order valence-corrected chi connectivity index (χ4v) is 2.29. The van der Waals surface area contributed by atoms with Crippen molar-refractivity contribution >= 4 is 28.5 Å². The highest BCUT2D eigenvalue weighted by atomic mass is 35.5. The number of fused-ring (bicyclic) bond motifs is 1. The highest BCUT2D eigenvalue weighted by Gasteiger charge is 2.15. The van der Waals surface area contributed by atoms with Gasteiger partial charge in [-0.1, -0.05) is 11.6 Å². The van der Waals surface area contributed by atoms with Gasteiger partial charge in [-0.3, -0.25) is 0 Å². The number of rotatable bonds is 2. The molecule has 1 aromatic carbocycles. The monoisotopic (exact) mass is 275 g/mol. The van der Waals surface area contributed by atoms with Crippen LogP contribution in [0.5, 0.6) is 0 Å². The summed E-state index contributed by atoms with van der Waals surface area (Å²) >= 11 is 5.93. The molecular weight excluding hydrogens is 266 g/mol. The Bertz CT molecular complexity index is 785. The van der Waals surface area contributed by atoms with Crippen LogP contribution >= 0.6 is 11.6 Å². The molecule has 0 aliphatic carbocycles. The van der Waals surface area contributed by atoms with E-state index in [0.717, 1.165) is 11.0 Å². The Labute approximate surface area is 113 Å². The quantitative estimate of drug-likeness (QED) is 0.774. The molecule has 5 heteroatoms. The lowest BCUT2D eigenvalue weighted by atomic mass is 10.2. The first-order valence-corrected chi connectivity index (χ1v) is 6.02. The number of aromatic nitrogens is 1. The van der Waals surface area contributed by atoms with Crippen molar-refractivity contribution in [3.63, 3.8) is 0 Å². The van der Waals surface area contributed by atoms with Crippen LogP contribution in [0.2, 0.25) is 5.02 Å². The summed E-state index contributed by atoms with van der Waals surface area (Å²) in [5.74, 6) is -0.347. The van der Waals surface area contributed by atoms with Gasteiger partial charge < -0.3 is 14.1 Å². The SMILES string of the molecule is Cn1c(C(=O)O)ccc1-c1cc2cc(Cl)ccc2o1. The van der Waals surface area contributed by atoms with E-state index in [4.69, 9.17) is 21.1 Å². The molecule has 19 heavy (non-hydrogen) atoms. The topological polar surface area (TPSA) is 55.4 Å². The molecule has 0 radical (unpaired) electrons. The fraction of sp³-hybridized carbons (Fsp3) is 0.0714. The zero-order valence-corrected chi connectivity index (χ0v) is 10.8. The number of carboxylic acids is 1. The van der Waals surface area contributed by atoms with Gasteiger partial charge in [0, 0.05) is 17.5 Å². The first kappa shape index (κ1) is 11.9. The van der Waals surface area contributed by atoms with E-state index in [-0.39, 0.29) is 5.69 Å². The number of halogens is 1. The number of benzene rings is 1. The van der Waals surface area contributed by atoms with E-state index in [2.05, 4.69) is 0 Å². The number of carboxylic acid groups (broad SMARTS) is 1. The third-order valence-corrected chi connectivity index (χ3v) is 3.31. The lowest BCUT2D eigenvalue weighted by Crippen LogP contribution is -2.04. The van der Waals surface area contributed by atoms with Gasteiger partial charge in [0.25, 0.3) is 0 Å². The van der Waals surface area contributed by atoms with Crippen molar-refractivity contribution in [2.24, 2.45) is 7.05 Å². The summed E-state index contributed by atoms with van der Waals surface area (Å²) in [6, 6.07) is 10.5. The second-order valence-corrected chi connectivity index (χ2v) is 4.70. The zero-order valence-electron chi connectivity index (χ0n) is 10.1. The van der Waals surface area contributed by atoms with Crippen LogP contribution in [0.15, 0.2) is 40.8 Å². The summed E-state index contributed by atoms with van der Waals surface area (Å²) < 4.78 is 7.30. The van der Waals surface area contributed by atoms with Gasteiger partial charge in [0.05, 0.1) is 5.69 Å². The minimum atomic E-state index is -0.965. The fourth-order valence-electron chi connectivity index (χ4n) is 2.11. The molecule has 3 aromatic rings. The second-order valence-electron chi connectivity index (χ2n) is 4.26. The van der Waals surface area contributed by atoms with E-state index < -0.39 is 5.97 Å². The Morgan fingerprint density at radius 2 is 2.05 bits per heavy atom. The Morgan fingerprint density at radius 1 is 1.26 bits per heavy atom. The van der Waals surface area contributed by atoms with E-state index in [1.165, 1.54) is 0 Å². The van der Waals surface area contributed by atoms with Crippen LogP contribution in [-0.2, 0) is 7.05 Å². The summed E-state index contributed by atoms with van der Waals surface area (Å²) in [4.78, 5) is 11.0. The molecule has 0 saturated carbocycles. The smallest absolute Gasteiger partial charge is 0.352 e. The van der Waals surface area contributed by atoms with Gasteiger partial charge in [0.2, 0.25) is 0 Å². The summed E-state index contributed by atoms with van der Waals surface area (Å²) in [5, 5.41) is 10.6. The van der Waals surface area contributed by atoms with Gasteiger partial charge in [0.1, 0.15) is 11.3 Å². The molecule has 2 heterocycles. The maximum Gasteiger partial charge on any atom is 0.352 e. The van der Waals surface area contributed by atoms with E-state index >= 15 is 0 Å². The lowest BCUT2D eigenvalue weighted by Gasteiger charge is -2.01. The zero-order chi connectivity index (χ0) is 13.6. The van der Waals surface area contributed by atoms with Crippen LogP contribution in [0, 0.1) is 0 Å². The maximum atomic E-state index is 11.0. The van der Waals surface area contributed by atoms with Crippen LogP contribution in [-0.4, -0.2) is 15.6 Å². The van der Waals surface area contributed by atoms with Crippen molar-refractivity contribution in [3.8, 4) is 11.5 Å². The number of aromatic carboxylic acids is 1. The second kappa shape index (κ2) is 4.17. The minimum absolute atomic E-state index is 0.216. The van der Waals surface area contributed by atoms with Crippen LogP contribution in [0.4, 0.5) is 0 Å². The van der Waals surface area contributed by atoms with Gasteiger partial charge in [-0.25, -0.2) is 4.79 Å². The van der Waals surface area contributed by atoms with Crippen molar-refractivity contribution in [3.05, 3.63) is 47.1 Å². The highest BCUT2D eigenvalue weighted by Crippen LogP contribution is 2.30. The molecular formula is C14H10ClNO3. The number of hydrogen-bond donors (Lipinski definition) is 1. The Balaban J connectivity index is 2.16. The average molecular weight is 276 g/mol. The van der Waals surface area contributed by atoms with Gasteiger partial charge in [-0.15, -0.1) is 0 Å².